The van der Waals surface area contributed by atoms with Crippen LogP contribution in [0.25, 0.3) is 33.8 Å². The van der Waals surface area contributed by atoms with Gasteiger partial charge < -0.3 is 15.8 Å². The Morgan fingerprint density at radius 1 is 1.23 bits per heavy atom. The summed E-state index contributed by atoms with van der Waals surface area (Å²) in [7, 11) is -1.60. The van der Waals surface area contributed by atoms with E-state index in [9.17, 15) is 18.3 Å². The normalized spacial score (nSPS) is 11.8. The van der Waals surface area contributed by atoms with Gasteiger partial charge in [0.2, 0.25) is 15.9 Å². The molecule has 1 amide bonds. The lowest BCUT2D eigenvalue weighted by molar-refractivity contribution is 0.100. The Balaban J connectivity index is 1.68. The van der Waals surface area contributed by atoms with Gasteiger partial charge in [-0.05, 0) is 23.8 Å². The fourth-order valence-electron chi connectivity index (χ4n) is 3.24. The van der Waals surface area contributed by atoms with Crippen molar-refractivity contribution in [3.05, 3.63) is 53.6 Å². The van der Waals surface area contributed by atoms with Gasteiger partial charge >= 0.3 is 0 Å². The molecule has 0 bridgehead atoms. The van der Waals surface area contributed by atoms with Gasteiger partial charge in [0, 0.05) is 24.7 Å². The van der Waals surface area contributed by atoms with Crippen LogP contribution >= 0.6 is 0 Å². The van der Waals surface area contributed by atoms with Crippen molar-refractivity contribution < 1.29 is 18.3 Å². The Hall–Kier alpha value is -3.70. The molecular weight excluding hydrogens is 420 g/mol. The van der Waals surface area contributed by atoms with Crippen molar-refractivity contribution in [3.8, 4) is 28.5 Å². The van der Waals surface area contributed by atoms with E-state index in [0.29, 0.717) is 39.4 Å². The molecule has 4 rings (SSSR count). The summed E-state index contributed by atoms with van der Waals surface area (Å²) >= 11 is 0. The van der Waals surface area contributed by atoms with Crippen LogP contribution in [0.2, 0.25) is 0 Å². The van der Waals surface area contributed by atoms with E-state index >= 15 is 0 Å². The molecule has 5 N–H and O–H groups in total. The predicted octanol–water partition coefficient (Wildman–Crippen LogP) is 1.48. The summed E-state index contributed by atoms with van der Waals surface area (Å²) in [5, 5.41) is 15.3. The summed E-state index contributed by atoms with van der Waals surface area (Å²) in [5.41, 5.74) is 9.08. The number of hydrogen-bond acceptors (Lipinski definition) is 6. The number of fused-ring (bicyclic) bond motifs is 1. The molecule has 0 fully saturated rings. The molecule has 0 radical (unpaired) electrons. The van der Waals surface area contributed by atoms with Crippen molar-refractivity contribution in [2.75, 3.05) is 6.26 Å². The summed E-state index contributed by atoms with van der Waals surface area (Å²) in [6.45, 7) is 0.171. The molecule has 0 atom stereocenters. The molecule has 10 nitrogen and oxygen atoms in total. The van der Waals surface area contributed by atoms with E-state index in [4.69, 9.17) is 5.73 Å². The van der Waals surface area contributed by atoms with Gasteiger partial charge in [-0.3, -0.25) is 9.48 Å². The van der Waals surface area contributed by atoms with Crippen LogP contribution in [0.4, 0.5) is 0 Å². The number of rotatable bonds is 6. The maximum atomic E-state index is 11.4. The van der Waals surface area contributed by atoms with Crippen LogP contribution in [0, 0.1) is 0 Å². The Kier molecular flexibility index (Phi) is 4.99. The molecule has 11 heteroatoms. The topological polar surface area (TPSA) is 156 Å². The highest BCUT2D eigenvalue weighted by atomic mass is 32.2. The molecule has 0 aliphatic carbocycles. The van der Waals surface area contributed by atoms with Gasteiger partial charge in [-0.2, -0.15) is 5.10 Å². The molecule has 0 aliphatic rings. The van der Waals surface area contributed by atoms with Crippen molar-refractivity contribution in [1.82, 2.24) is 24.5 Å². The number of aromatic hydroxyl groups is 1. The van der Waals surface area contributed by atoms with Crippen molar-refractivity contribution in [2.45, 2.75) is 6.54 Å². The third kappa shape index (κ3) is 4.13. The third-order valence-electron chi connectivity index (χ3n) is 4.78. The number of benzene rings is 2. The molecule has 2 aromatic carbocycles. The lowest BCUT2D eigenvalue weighted by Gasteiger charge is -2.04. The number of primary amides is 1. The summed E-state index contributed by atoms with van der Waals surface area (Å²) in [6, 6.07) is 11.9. The van der Waals surface area contributed by atoms with Gasteiger partial charge in [0.15, 0.2) is 11.6 Å². The number of H-pyrrole nitrogens is 1. The van der Waals surface area contributed by atoms with E-state index in [0.717, 1.165) is 11.8 Å². The van der Waals surface area contributed by atoms with E-state index in [1.54, 1.807) is 49.5 Å². The highest BCUT2D eigenvalue weighted by Gasteiger charge is 2.21. The van der Waals surface area contributed by atoms with E-state index in [1.165, 1.54) is 4.68 Å². The van der Waals surface area contributed by atoms with Crippen LogP contribution in [0.3, 0.4) is 0 Å². The molecule has 2 heterocycles. The zero-order chi connectivity index (χ0) is 22.3. The van der Waals surface area contributed by atoms with Crippen molar-refractivity contribution in [1.29, 1.82) is 0 Å². The number of aromatic nitrogens is 4. The number of carbonyl (C=O) groups is 1. The standard InChI is InChI=1S/C20H20N6O4S/c1-26-17(20-23-14-8-7-13(19(21)28)9-15(14)24-20)18(27)16(25-26)12-5-3-11(4-6-12)10-22-31(2,29)30/h3-9,22,27H,10H2,1-2H3,(H2,21,28)(H,23,24). The first-order valence-electron chi connectivity index (χ1n) is 9.22. The number of nitrogens with zero attached hydrogens (tertiary/aromatic N) is 3. The van der Waals surface area contributed by atoms with E-state index in [1.807, 2.05) is 0 Å². The van der Waals surface area contributed by atoms with Crippen molar-refractivity contribution in [2.24, 2.45) is 12.8 Å². The largest absolute Gasteiger partial charge is 0.504 e. The molecular formula is C20H20N6O4S. The Bertz CT molecular complexity index is 1400. The number of aromatic amines is 1. The first-order chi connectivity index (χ1) is 14.6. The lowest BCUT2D eigenvalue weighted by atomic mass is 10.1. The third-order valence-corrected chi connectivity index (χ3v) is 5.45. The number of aryl methyl sites for hydroxylation is 1. The molecule has 31 heavy (non-hydrogen) atoms. The van der Waals surface area contributed by atoms with Crippen LogP contribution < -0.4 is 10.5 Å². The van der Waals surface area contributed by atoms with Crippen molar-refractivity contribution in [3.63, 3.8) is 0 Å². The quantitative estimate of drug-likeness (QED) is 0.356. The van der Waals surface area contributed by atoms with E-state index in [2.05, 4.69) is 19.8 Å². The van der Waals surface area contributed by atoms with Gasteiger partial charge in [-0.15, -0.1) is 0 Å². The van der Waals surface area contributed by atoms with Gasteiger partial charge in [-0.25, -0.2) is 18.1 Å². The monoisotopic (exact) mass is 440 g/mol. The smallest absolute Gasteiger partial charge is 0.248 e. The summed E-state index contributed by atoms with van der Waals surface area (Å²) in [5.74, 6) is -0.207. The molecule has 2 aromatic heterocycles. The summed E-state index contributed by atoms with van der Waals surface area (Å²) < 4.78 is 26.4. The first-order valence-corrected chi connectivity index (χ1v) is 11.1. The molecule has 0 saturated heterocycles. The second-order valence-corrected chi connectivity index (χ2v) is 8.97. The van der Waals surface area contributed by atoms with Crippen molar-refractivity contribution >= 4 is 27.0 Å². The van der Waals surface area contributed by atoms with Crippen LogP contribution in [-0.2, 0) is 23.6 Å². The second kappa shape index (κ2) is 7.52. The number of hydrogen-bond donors (Lipinski definition) is 4. The molecule has 0 unspecified atom stereocenters. The molecule has 0 spiro atoms. The first kappa shape index (κ1) is 20.6. The van der Waals surface area contributed by atoms with Gasteiger partial charge in [0.25, 0.3) is 0 Å². The highest BCUT2D eigenvalue weighted by Crippen LogP contribution is 2.37. The van der Waals surface area contributed by atoms with Crippen LogP contribution in [0.15, 0.2) is 42.5 Å². The number of nitrogens with two attached hydrogens (primary N) is 1. The molecule has 0 saturated carbocycles. The number of sulfonamides is 1. The lowest BCUT2D eigenvalue weighted by Crippen LogP contribution is -2.21. The minimum atomic E-state index is -3.28. The number of nitrogens with one attached hydrogen (secondary N) is 2. The highest BCUT2D eigenvalue weighted by molar-refractivity contribution is 7.88. The minimum absolute atomic E-state index is 0.0568. The maximum Gasteiger partial charge on any atom is 0.248 e. The SMILES string of the molecule is Cn1nc(-c2ccc(CNS(C)(=O)=O)cc2)c(O)c1-c1nc2ccc(C(N)=O)cc2[nH]1. The van der Waals surface area contributed by atoms with Crippen LogP contribution in [0.1, 0.15) is 15.9 Å². The Morgan fingerprint density at radius 3 is 2.58 bits per heavy atom. The predicted molar refractivity (Wildman–Crippen MR) is 116 cm³/mol. The minimum Gasteiger partial charge on any atom is -0.504 e. The van der Waals surface area contributed by atoms with Gasteiger partial charge in [0.05, 0.1) is 17.3 Å². The zero-order valence-electron chi connectivity index (χ0n) is 16.7. The number of imidazole rings is 1. The van der Waals surface area contributed by atoms with Crippen LogP contribution in [0.5, 0.6) is 5.75 Å². The fourth-order valence-corrected chi connectivity index (χ4v) is 3.67. The van der Waals surface area contributed by atoms with Crippen LogP contribution in [-0.4, -0.2) is 45.4 Å². The zero-order valence-corrected chi connectivity index (χ0v) is 17.6. The number of carbonyl (C=O) groups excluding carboxylic acids is 1. The fraction of sp³-hybridized carbons (Fsp3) is 0.150. The van der Waals surface area contributed by atoms with E-state index < -0.39 is 15.9 Å². The van der Waals surface area contributed by atoms with Gasteiger partial charge in [-0.1, -0.05) is 24.3 Å². The van der Waals surface area contributed by atoms with Gasteiger partial charge in [0.1, 0.15) is 11.4 Å². The summed E-state index contributed by atoms with van der Waals surface area (Å²) in [6.07, 6.45) is 1.10. The number of amides is 1. The second-order valence-electron chi connectivity index (χ2n) is 7.14. The Morgan fingerprint density at radius 2 is 1.94 bits per heavy atom. The molecule has 160 valence electrons. The average Bonchev–Trinajstić information content (AvgIpc) is 3.25. The Labute approximate surface area is 177 Å². The summed E-state index contributed by atoms with van der Waals surface area (Å²) in [4.78, 5) is 19.0. The van der Waals surface area contributed by atoms with E-state index in [-0.39, 0.29) is 12.3 Å². The molecule has 4 aromatic rings. The maximum absolute atomic E-state index is 11.4. The average molecular weight is 440 g/mol. The molecule has 0 aliphatic heterocycles.